The quantitative estimate of drug-likeness (QED) is 0.467. The Morgan fingerprint density at radius 1 is 1.03 bits per heavy atom. The standard InChI is InChI=1S/C24H24N4O4S/c1-14(2)33(31,32)19-13-9-8-12-18(19)26-23(29)21-15(3)25-22-20(17-10-6-5-7-11-17)16(4)27-28(22)24(21)30/h5-14,27H,1-4H3,(H,26,29). The monoisotopic (exact) mass is 464 g/mol. The van der Waals surface area contributed by atoms with Crippen molar-refractivity contribution in [3.63, 3.8) is 0 Å². The molecule has 4 rings (SSSR count). The third-order valence-electron chi connectivity index (χ3n) is 5.49. The highest BCUT2D eigenvalue weighted by Gasteiger charge is 2.26. The fourth-order valence-corrected chi connectivity index (χ4v) is 4.96. The van der Waals surface area contributed by atoms with Gasteiger partial charge in [-0.2, -0.15) is 0 Å². The molecule has 0 saturated heterocycles. The molecule has 0 atom stereocenters. The topological polar surface area (TPSA) is 113 Å². The zero-order chi connectivity index (χ0) is 23.9. The number of H-pyrrole nitrogens is 1. The molecule has 0 bridgehead atoms. The lowest BCUT2D eigenvalue weighted by Crippen LogP contribution is -2.29. The van der Waals surface area contributed by atoms with E-state index in [2.05, 4.69) is 15.4 Å². The van der Waals surface area contributed by atoms with Crippen molar-refractivity contribution in [3.05, 3.63) is 81.9 Å². The van der Waals surface area contributed by atoms with Crippen molar-refractivity contribution in [3.8, 4) is 11.1 Å². The number of amides is 1. The van der Waals surface area contributed by atoms with E-state index in [1.165, 1.54) is 16.6 Å². The number of rotatable bonds is 5. The summed E-state index contributed by atoms with van der Waals surface area (Å²) in [7, 11) is -3.64. The summed E-state index contributed by atoms with van der Waals surface area (Å²) in [6.07, 6.45) is 0. The fraction of sp³-hybridized carbons (Fsp3) is 0.208. The third-order valence-corrected chi connectivity index (χ3v) is 7.70. The van der Waals surface area contributed by atoms with E-state index in [0.29, 0.717) is 5.65 Å². The molecule has 1 amide bonds. The molecule has 0 saturated carbocycles. The number of fused-ring (bicyclic) bond motifs is 1. The number of aromatic nitrogens is 3. The number of benzene rings is 2. The Labute approximate surface area is 191 Å². The first-order valence-corrected chi connectivity index (χ1v) is 12.0. The SMILES string of the molecule is Cc1nc2c(-c3ccccc3)c(C)[nH]n2c(=O)c1C(=O)Nc1ccccc1S(=O)(=O)C(C)C. The van der Waals surface area contributed by atoms with Gasteiger partial charge in [0.05, 0.1) is 21.5 Å². The molecule has 8 nitrogen and oxygen atoms in total. The van der Waals surface area contributed by atoms with Gasteiger partial charge in [-0.3, -0.25) is 14.7 Å². The highest BCUT2D eigenvalue weighted by atomic mass is 32.2. The van der Waals surface area contributed by atoms with Gasteiger partial charge in [-0.15, -0.1) is 0 Å². The van der Waals surface area contributed by atoms with Crippen LogP contribution in [-0.4, -0.2) is 34.2 Å². The lowest BCUT2D eigenvalue weighted by Gasteiger charge is -2.14. The second-order valence-corrected chi connectivity index (χ2v) is 10.5. The van der Waals surface area contributed by atoms with Gasteiger partial charge in [-0.1, -0.05) is 42.5 Å². The molecule has 0 radical (unpaired) electrons. The molecule has 33 heavy (non-hydrogen) atoms. The van der Waals surface area contributed by atoms with Crippen molar-refractivity contribution in [1.29, 1.82) is 0 Å². The van der Waals surface area contributed by atoms with Crippen molar-refractivity contribution < 1.29 is 13.2 Å². The van der Waals surface area contributed by atoms with Crippen LogP contribution < -0.4 is 10.9 Å². The van der Waals surface area contributed by atoms with Crippen molar-refractivity contribution in [2.45, 2.75) is 37.8 Å². The van der Waals surface area contributed by atoms with E-state index in [9.17, 15) is 18.0 Å². The van der Waals surface area contributed by atoms with Crippen LogP contribution in [0.25, 0.3) is 16.8 Å². The van der Waals surface area contributed by atoms with Gasteiger partial charge in [0.1, 0.15) is 5.56 Å². The first-order valence-electron chi connectivity index (χ1n) is 10.4. The summed E-state index contributed by atoms with van der Waals surface area (Å²) in [5.74, 6) is -0.723. The highest BCUT2D eigenvalue weighted by Crippen LogP contribution is 2.28. The lowest BCUT2D eigenvalue weighted by molar-refractivity contribution is 0.102. The summed E-state index contributed by atoms with van der Waals surface area (Å²) in [6, 6.07) is 15.7. The number of nitrogens with one attached hydrogen (secondary N) is 2. The van der Waals surface area contributed by atoms with Gasteiger partial charge in [0.15, 0.2) is 15.5 Å². The molecular weight excluding hydrogens is 440 g/mol. The number of para-hydroxylation sites is 1. The van der Waals surface area contributed by atoms with Crippen molar-refractivity contribution in [1.82, 2.24) is 14.6 Å². The largest absolute Gasteiger partial charge is 0.321 e. The summed E-state index contributed by atoms with van der Waals surface area (Å²) >= 11 is 0. The normalized spacial score (nSPS) is 11.8. The summed E-state index contributed by atoms with van der Waals surface area (Å²) < 4.78 is 26.7. The van der Waals surface area contributed by atoms with Gasteiger partial charge in [0.2, 0.25) is 0 Å². The first kappa shape index (κ1) is 22.5. The Hall–Kier alpha value is -3.72. The highest BCUT2D eigenvalue weighted by molar-refractivity contribution is 7.92. The fourth-order valence-electron chi connectivity index (χ4n) is 3.76. The molecule has 2 aromatic heterocycles. The number of nitrogens with zero attached hydrogens (tertiary/aromatic N) is 2. The van der Waals surface area contributed by atoms with Gasteiger partial charge in [-0.25, -0.2) is 17.9 Å². The van der Waals surface area contributed by atoms with E-state index in [-0.39, 0.29) is 21.8 Å². The number of anilines is 1. The van der Waals surface area contributed by atoms with Crippen LogP contribution in [0.1, 0.15) is 35.6 Å². The molecule has 0 aliphatic heterocycles. The number of hydrogen-bond donors (Lipinski definition) is 2. The molecule has 0 unspecified atom stereocenters. The van der Waals surface area contributed by atoms with Gasteiger partial charge < -0.3 is 5.32 Å². The predicted octanol–water partition coefficient (Wildman–Crippen LogP) is 3.74. The molecule has 0 spiro atoms. The van der Waals surface area contributed by atoms with Gasteiger partial charge in [0, 0.05) is 11.3 Å². The van der Waals surface area contributed by atoms with Crippen LogP contribution in [0.5, 0.6) is 0 Å². The molecule has 170 valence electrons. The molecule has 0 fully saturated rings. The van der Waals surface area contributed by atoms with Crippen molar-refractivity contribution in [2.24, 2.45) is 0 Å². The Morgan fingerprint density at radius 2 is 1.67 bits per heavy atom. The summed E-state index contributed by atoms with van der Waals surface area (Å²) in [5.41, 5.74) is 2.46. The average molecular weight is 465 g/mol. The first-order chi connectivity index (χ1) is 15.6. The minimum Gasteiger partial charge on any atom is -0.321 e. The minimum atomic E-state index is -3.64. The smallest absolute Gasteiger partial charge is 0.285 e. The average Bonchev–Trinajstić information content (AvgIpc) is 3.10. The molecule has 4 aromatic rings. The second-order valence-electron chi connectivity index (χ2n) is 8.06. The number of carbonyl (C=O) groups excluding carboxylic acids is 1. The zero-order valence-electron chi connectivity index (χ0n) is 18.7. The summed E-state index contributed by atoms with van der Waals surface area (Å²) in [5, 5.41) is 4.93. The second kappa shape index (κ2) is 8.32. The summed E-state index contributed by atoms with van der Waals surface area (Å²) in [4.78, 5) is 31.0. The third kappa shape index (κ3) is 3.84. The van der Waals surface area contributed by atoms with E-state index in [4.69, 9.17) is 0 Å². The van der Waals surface area contributed by atoms with Crippen LogP contribution in [0.4, 0.5) is 5.69 Å². The molecule has 2 N–H and O–H groups in total. The van der Waals surface area contributed by atoms with Crippen LogP contribution in [0, 0.1) is 13.8 Å². The number of aromatic amines is 1. The molecule has 0 aliphatic rings. The van der Waals surface area contributed by atoms with Crippen LogP contribution >= 0.6 is 0 Å². The molecule has 2 heterocycles. The molecule has 9 heteroatoms. The number of sulfone groups is 1. The van der Waals surface area contributed by atoms with Crippen LogP contribution in [-0.2, 0) is 9.84 Å². The maximum absolute atomic E-state index is 13.3. The Balaban J connectivity index is 1.82. The van der Waals surface area contributed by atoms with Crippen molar-refractivity contribution in [2.75, 3.05) is 5.32 Å². The maximum atomic E-state index is 13.3. The van der Waals surface area contributed by atoms with Gasteiger partial charge >= 0.3 is 0 Å². The van der Waals surface area contributed by atoms with Gasteiger partial charge in [0.25, 0.3) is 11.5 Å². The number of hydrogen-bond acceptors (Lipinski definition) is 5. The van der Waals surface area contributed by atoms with E-state index >= 15 is 0 Å². The van der Waals surface area contributed by atoms with E-state index in [1.807, 2.05) is 37.3 Å². The van der Waals surface area contributed by atoms with Crippen LogP contribution in [0.2, 0.25) is 0 Å². The van der Waals surface area contributed by atoms with Crippen molar-refractivity contribution >= 4 is 27.1 Å². The Kier molecular flexibility index (Phi) is 5.67. The van der Waals surface area contributed by atoms with Crippen LogP contribution in [0.15, 0.2) is 64.3 Å². The van der Waals surface area contributed by atoms with Crippen LogP contribution in [0.3, 0.4) is 0 Å². The van der Waals surface area contributed by atoms with E-state index < -0.39 is 26.6 Å². The minimum absolute atomic E-state index is 0.00206. The van der Waals surface area contributed by atoms with Gasteiger partial charge in [-0.05, 0) is 45.4 Å². The molecular formula is C24H24N4O4S. The van der Waals surface area contributed by atoms with E-state index in [0.717, 1.165) is 16.8 Å². The number of carbonyl (C=O) groups is 1. The Bertz CT molecular complexity index is 1530. The summed E-state index contributed by atoms with van der Waals surface area (Å²) in [6.45, 7) is 6.56. The van der Waals surface area contributed by atoms with E-state index in [1.54, 1.807) is 32.9 Å². The maximum Gasteiger partial charge on any atom is 0.285 e. The zero-order valence-corrected chi connectivity index (χ0v) is 19.5. The molecule has 0 aliphatic carbocycles. The molecule has 2 aromatic carbocycles. The Morgan fingerprint density at radius 3 is 2.33 bits per heavy atom. The predicted molar refractivity (Wildman–Crippen MR) is 127 cm³/mol. The lowest BCUT2D eigenvalue weighted by atomic mass is 10.1. The number of aryl methyl sites for hydroxylation is 2.